The van der Waals surface area contributed by atoms with Crippen LogP contribution >= 0.6 is 24.0 Å². The third kappa shape index (κ3) is 8.26. The van der Waals surface area contributed by atoms with Crippen LogP contribution in [0.2, 0.25) is 0 Å². The van der Waals surface area contributed by atoms with Crippen LogP contribution in [0.3, 0.4) is 0 Å². The molecule has 0 fully saturated rings. The predicted octanol–water partition coefficient (Wildman–Crippen LogP) is 3.30. The zero-order chi connectivity index (χ0) is 14.8. The van der Waals surface area contributed by atoms with Crippen molar-refractivity contribution in [2.75, 3.05) is 13.7 Å². The van der Waals surface area contributed by atoms with E-state index >= 15 is 0 Å². The van der Waals surface area contributed by atoms with Gasteiger partial charge in [-0.25, -0.2) is 4.99 Å². The van der Waals surface area contributed by atoms with Gasteiger partial charge in [0.1, 0.15) is 0 Å². The third-order valence-electron chi connectivity index (χ3n) is 3.09. The zero-order valence-corrected chi connectivity index (χ0v) is 15.8. The van der Waals surface area contributed by atoms with Gasteiger partial charge in [-0.1, -0.05) is 31.2 Å². The number of benzene rings is 1. The number of rotatable bonds is 7. The molecule has 0 amide bonds. The number of ether oxygens (including phenoxy) is 1. The Morgan fingerprint density at radius 2 is 1.81 bits per heavy atom. The molecule has 5 heteroatoms. The lowest BCUT2D eigenvalue weighted by Gasteiger charge is -2.16. The second kappa shape index (κ2) is 11.8. The summed E-state index contributed by atoms with van der Waals surface area (Å²) in [5, 5.41) is 6.66. The molecule has 2 N–H and O–H groups in total. The fraction of sp³-hybridized carbons (Fsp3) is 0.562. The molecule has 1 unspecified atom stereocenters. The first-order chi connectivity index (χ1) is 9.69. The summed E-state index contributed by atoms with van der Waals surface area (Å²) in [7, 11) is 1.71. The summed E-state index contributed by atoms with van der Waals surface area (Å²) in [5.74, 6) is 0.878. The molecule has 0 aliphatic carbocycles. The van der Waals surface area contributed by atoms with Gasteiger partial charge in [0.05, 0.1) is 13.2 Å². The molecule has 1 atom stereocenters. The van der Waals surface area contributed by atoms with E-state index in [4.69, 9.17) is 4.74 Å². The van der Waals surface area contributed by atoms with Crippen LogP contribution in [0.25, 0.3) is 0 Å². The van der Waals surface area contributed by atoms with Crippen LogP contribution in [0.5, 0.6) is 0 Å². The number of hydrogen-bond acceptors (Lipinski definition) is 2. The Kier molecular flexibility index (Phi) is 11.3. The fourth-order valence-electron chi connectivity index (χ4n) is 1.73. The first-order valence-electron chi connectivity index (χ1n) is 7.31. The second-order valence-electron chi connectivity index (χ2n) is 4.90. The minimum Gasteiger partial charge on any atom is -0.380 e. The number of aliphatic imine (C=N–C) groups is 1. The summed E-state index contributed by atoms with van der Waals surface area (Å²) >= 11 is 0. The lowest BCUT2D eigenvalue weighted by Crippen LogP contribution is -2.41. The van der Waals surface area contributed by atoms with Gasteiger partial charge < -0.3 is 15.4 Å². The summed E-state index contributed by atoms with van der Waals surface area (Å²) < 4.78 is 5.11. The molecule has 0 radical (unpaired) electrons. The van der Waals surface area contributed by atoms with Gasteiger partial charge in [0.25, 0.3) is 0 Å². The summed E-state index contributed by atoms with van der Waals surface area (Å²) in [4.78, 5) is 4.61. The quantitative estimate of drug-likeness (QED) is 0.416. The van der Waals surface area contributed by atoms with E-state index in [9.17, 15) is 0 Å². The molecule has 1 aromatic rings. The van der Waals surface area contributed by atoms with Crippen LogP contribution in [0.4, 0.5) is 0 Å². The molecule has 0 aliphatic rings. The normalized spacial score (nSPS) is 12.5. The Hall–Kier alpha value is -0.820. The lowest BCUT2D eigenvalue weighted by atomic mass is 10.1. The van der Waals surface area contributed by atoms with Crippen LogP contribution in [-0.4, -0.2) is 25.7 Å². The molecule has 0 aromatic heterocycles. The van der Waals surface area contributed by atoms with E-state index in [2.05, 4.69) is 60.7 Å². The molecule has 0 saturated carbocycles. The van der Waals surface area contributed by atoms with Gasteiger partial charge in [-0.15, -0.1) is 24.0 Å². The maximum Gasteiger partial charge on any atom is 0.191 e. The summed E-state index contributed by atoms with van der Waals surface area (Å²) in [5.41, 5.74) is 2.39. The number of nitrogens with one attached hydrogen (secondary N) is 2. The van der Waals surface area contributed by atoms with Gasteiger partial charge in [-0.3, -0.25) is 0 Å². The molecule has 21 heavy (non-hydrogen) atoms. The Morgan fingerprint density at radius 1 is 1.19 bits per heavy atom. The average Bonchev–Trinajstić information content (AvgIpc) is 2.46. The summed E-state index contributed by atoms with van der Waals surface area (Å²) in [6, 6.07) is 8.80. The van der Waals surface area contributed by atoms with Crippen LogP contribution in [0.15, 0.2) is 29.3 Å². The van der Waals surface area contributed by atoms with Gasteiger partial charge in [0.15, 0.2) is 5.96 Å². The van der Waals surface area contributed by atoms with Crippen molar-refractivity contribution in [1.29, 1.82) is 0 Å². The van der Waals surface area contributed by atoms with E-state index < -0.39 is 0 Å². The molecule has 0 bridgehead atoms. The number of methoxy groups -OCH3 is 1. The van der Waals surface area contributed by atoms with E-state index in [1.54, 1.807) is 7.11 Å². The van der Waals surface area contributed by atoms with Gasteiger partial charge in [-0.05, 0) is 31.4 Å². The van der Waals surface area contributed by atoms with Gasteiger partial charge in [0.2, 0.25) is 0 Å². The number of hydrogen-bond donors (Lipinski definition) is 2. The van der Waals surface area contributed by atoms with Crippen LogP contribution in [0.1, 0.15) is 38.3 Å². The molecule has 1 aromatic carbocycles. The summed E-state index contributed by atoms with van der Waals surface area (Å²) in [6.07, 6.45) is 1.08. The standard InChI is InChI=1S/C16H27N3O.HI/c1-5-13(3)19-16(17-6-2)18-11-14-7-9-15(10-8-14)12-20-4;/h7-10,13H,5-6,11-12H2,1-4H3,(H2,17,18,19);1H. The van der Waals surface area contributed by atoms with E-state index in [1.165, 1.54) is 11.1 Å². The van der Waals surface area contributed by atoms with E-state index in [0.717, 1.165) is 18.9 Å². The average molecular weight is 405 g/mol. The molecule has 120 valence electrons. The third-order valence-corrected chi connectivity index (χ3v) is 3.09. The maximum absolute atomic E-state index is 5.11. The molecule has 0 saturated heterocycles. The molecule has 1 rings (SSSR count). The lowest BCUT2D eigenvalue weighted by molar-refractivity contribution is 0.185. The number of halogens is 1. The Labute approximate surface area is 145 Å². The van der Waals surface area contributed by atoms with Gasteiger partial charge in [-0.2, -0.15) is 0 Å². The second-order valence-corrected chi connectivity index (χ2v) is 4.90. The molecular formula is C16H28IN3O. The van der Waals surface area contributed by atoms with Gasteiger partial charge >= 0.3 is 0 Å². The Balaban J connectivity index is 0.00000400. The molecule has 0 heterocycles. The Bertz CT molecular complexity index is 406. The molecule has 4 nitrogen and oxygen atoms in total. The van der Waals surface area contributed by atoms with Crippen molar-refractivity contribution in [3.63, 3.8) is 0 Å². The van der Waals surface area contributed by atoms with E-state index in [0.29, 0.717) is 19.2 Å². The van der Waals surface area contributed by atoms with Crippen LogP contribution < -0.4 is 10.6 Å². The summed E-state index contributed by atoms with van der Waals surface area (Å²) in [6.45, 7) is 8.60. The maximum atomic E-state index is 5.11. The largest absolute Gasteiger partial charge is 0.380 e. The van der Waals surface area contributed by atoms with Crippen molar-refractivity contribution in [2.24, 2.45) is 4.99 Å². The molecule has 0 spiro atoms. The smallest absolute Gasteiger partial charge is 0.191 e. The minimum absolute atomic E-state index is 0. The topological polar surface area (TPSA) is 45.7 Å². The van der Waals surface area contributed by atoms with Crippen molar-refractivity contribution in [3.8, 4) is 0 Å². The highest BCUT2D eigenvalue weighted by atomic mass is 127. The van der Waals surface area contributed by atoms with Crippen molar-refractivity contribution in [2.45, 2.75) is 46.4 Å². The highest BCUT2D eigenvalue weighted by molar-refractivity contribution is 14.0. The monoisotopic (exact) mass is 405 g/mol. The fourth-order valence-corrected chi connectivity index (χ4v) is 1.73. The highest BCUT2D eigenvalue weighted by Gasteiger charge is 2.02. The van der Waals surface area contributed by atoms with E-state index in [-0.39, 0.29) is 24.0 Å². The Morgan fingerprint density at radius 3 is 2.33 bits per heavy atom. The van der Waals surface area contributed by atoms with Crippen LogP contribution in [-0.2, 0) is 17.9 Å². The van der Waals surface area contributed by atoms with Crippen molar-refractivity contribution < 1.29 is 4.74 Å². The minimum atomic E-state index is 0. The molecular weight excluding hydrogens is 377 g/mol. The first-order valence-corrected chi connectivity index (χ1v) is 7.31. The predicted molar refractivity (Wildman–Crippen MR) is 100 cm³/mol. The van der Waals surface area contributed by atoms with Crippen molar-refractivity contribution in [1.82, 2.24) is 10.6 Å². The van der Waals surface area contributed by atoms with Gasteiger partial charge in [0, 0.05) is 19.7 Å². The number of guanidine groups is 1. The SMILES string of the molecule is CCNC(=NCc1ccc(COC)cc1)NC(C)CC.I. The van der Waals surface area contributed by atoms with Crippen molar-refractivity contribution in [3.05, 3.63) is 35.4 Å². The highest BCUT2D eigenvalue weighted by Crippen LogP contribution is 2.06. The zero-order valence-electron chi connectivity index (χ0n) is 13.5. The van der Waals surface area contributed by atoms with E-state index in [1.807, 2.05) is 0 Å². The van der Waals surface area contributed by atoms with Crippen molar-refractivity contribution >= 4 is 29.9 Å². The van der Waals surface area contributed by atoms with Crippen LogP contribution in [0, 0.1) is 0 Å². The number of nitrogens with zero attached hydrogens (tertiary/aromatic N) is 1. The first kappa shape index (κ1) is 20.2. The molecule has 0 aliphatic heterocycles.